The van der Waals surface area contributed by atoms with Crippen LogP contribution in [0.1, 0.15) is 22.5 Å². The van der Waals surface area contributed by atoms with Crippen LogP contribution in [0.5, 0.6) is 0 Å². The summed E-state index contributed by atoms with van der Waals surface area (Å²) < 4.78 is 0.614. The van der Waals surface area contributed by atoms with Gasteiger partial charge in [-0.3, -0.25) is 5.32 Å². The van der Waals surface area contributed by atoms with Crippen molar-refractivity contribution in [1.29, 1.82) is 0 Å². The van der Waals surface area contributed by atoms with Crippen LogP contribution in [0.25, 0.3) is 0 Å². The fourth-order valence-electron chi connectivity index (χ4n) is 2.00. The van der Waals surface area contributed by atoms with Gasteiger partial charge in [-0.15, -0.1) is 11.3 Å². The van der Waals surface area contributed by atoms with Gasteiger partial charge in [-0.2, -0.15) is 0 Å². The van der Waals surface area contributed by atoms with Crippen LogP contribution in [0.3, 0.4) is 0 Å². The summed E-state index contributed by atoms with van der Waals surface area (Å²) in [7, 11) is 0. The molecule has 0 radical (unpaired) electrons. The molecule has 0 saturated heterocycles. The summed E-state index contributed by atoms with van der Waals surface area (Å²) in [4.78, 5) is 0.810. The molecule has 21 heavy (non-hydrogen) atoms. The lowest BCUT2D eigenvalue weighted by Gasteiger charge is -2.23. The molecular weight excluding hydrogens is 310 g/mol. The van der Waals surface area contributed by atoms with Crippen LogP contribution in [0, 0.1) is 0 Å². The van der Waals surface area contributed by atoms with Crippen molar-refractivity contribution >= 4 is 28.8 Å². The minimum absolute atomic E-state index is 0.0166. The van der Waals surface area contributed by atoms with E-state index in [-0.39, 0.29) is 18.5 Å². The molecule has 1 heterocycles. The van der Waals surface area contributed by atoms with Crippen LogP contribution >= 0.6 is 22.9 Å². The van der Waals surface area contributed by atoms with Crippen molar-refractivity contribution in [3.63, 3.8) is 0 Å². The average Bonchev–Trinajstić information content (AvgIpc) is 2.95. The van der Waals surface area contributed by atoms with Gasteiger partial charge in [-0.1, -0.05) is 47.1 Å². The average molecular weight is 326 g/mol. The zero-order valence-electron chi connectivity index (χ0n) is 11.1. The first-order chi connectivity index (χ1) is 10.2. The van der Waals surface area contributed by atoms with Gasteiger partial charge in [0.1, 0.15) is 6.04 Å². The summed E-state index contributed by atoms with van der Waals surface area (Å²) in [5.74, 6) is 0.0166. The molecule has 0 bridgehead atoms. The van der Waals surface area contributed by atoms with Crippen molar-refractivity contribution in [1.82, 2.24) is 5.32 Å². The molecule has 5 nitrogen and oxygen atoms in total. The first-order valence-electron chi connectivity index (χ1n) is 6.30. The molecule has 0 aliphatic carbocycles. The summed E-state index contributed by atoms with van der Waals surface area (Å²) in [6.45, 7) is -0.113. The van der Waals surface area contributed by atoms with E-state index in [9.17, 15) is 5.11 Å². The highest BCUT2D eigenvalue weighted by atomic mass is 35.5. The molecular formula is C14H16ClN3O2S. The zero-order valence-corrected chi connectivity index (χ0v) is 12.7. The largest absolute Gasteiger partial charge is 0.409 e. The van der Waals surface area contributed by atoms with Gasteiger partial charge in [0.2, 0.25) is 0 Å². The number of aliphatic hydroxyl groups is 1. The number of benzene rings is 1. The number of thiophene rings is 1. The van der Waals surface area contributed by atoms with Crippen molar-refractivity contribution in [2.45, 2.75) is 12.1 Å². The van der Waals surface area contributed by atoms with E-state index < -0.39 is 6.04 Å². The highest BCUT2D eigenvalue weighted by molar-refractivity contribution is 7.16. The van der Waals surface area contributed by atoms with Crippen molar-refractivity contribution in [2.24, 2.45) is 10.9 Å². The van der Waals surface area contributed by atoms with Crippen LogP contribution in [-0.4, -0.2) is 22.8 Å². The van der Waals surface area contributed by atoms with Crippen LogP contribution in [-0.2, 0) is 0 Å². The lowest BCUT2D eigenvalue weighted by molar-refractivity contribution is 0.239. The normalized spacial score (nSPS) is 14.9. The zero-order chi connectivity index (χ0) is 15.2. The van der Waals surface area contributed by atoms with Gasteiger partial charge >= 0.3 is 0 Å². The molecule has 2 atom stereocenters. The van der Waals surface area contributed by atoms with Gasteiger partial charge in [0.25, 0.3) is 0 Å². The van der Waals surface area contributed by atoms with Gasteiger partial charge < -0.3 is 16.0 Å². The molecule has 1 aromatic heterocycles. The first kappa shape index (κ1) is 15.8. The summed E-state index contributed by atoms with van der Waals surface area (Å²) in [5, 5.41) is 24.8. The lowest BCUT2D eigenvalue weighted by Crippen LogP contribution is -2.37. The predicted octanol–water partition coefficient (Wildman–Crippen LogP) is 2.51. The number of nitrogens with zero attached hydrogens (tertiary/aromatic N) is 1. The Balaban J connectivity index is 2.26. The molecule has 0 fully saturated rings. The molecule has 0 saturated carbocycles. The second-order valence-corrected chi connectivity index (χ2v) is 6.16. The maximum atomic E-state index is 9.61. The molecule has 0 aliphatic heterocycles. The number of amidine groups is 1. The molecule has 5 N–H and O–H groups in total. The Kier molecular flexibility index (Phi) is 5.58. The van der Waals surface area contributed by atoms with Gasteiger partial charge in [0.15, 0.2) is 5.84 Å². The van der Waals surface area contributed by atoms with E-state index in [1.54, 1.807) is 6.07 Å². The van der Waals surface area contributed by atoms with E-state index in [4.69, 9.17) is 22.5 Å². The summed E-state index contributed by atoms with van der Waals surface area (Å²) in [6.07, 6.45) is 0. The standard InChI is InChI=1S/C14H16ClN3O2S/c15-12-7-6-11(21-12)13(14(16)18-20)17-10(8-19)9-4-2-1-3-5-9/h1-7,10,13,17,19-20H,8H2,(H2,16,18)/t10-,13+/m0/s1. The van der Waals surface area contributed by atoms with Gasteiger partial charge in [0.05, 0.1) is 17.0 Å². The monoisotopic (exact) mass is 325 g/mol. The molecule has 0 amide bonds. The van der Waals surface area contributed by atoms with E-state index in [1.165, 1.54) is 11.3 Å². The smallest absolute Gasteiger partial charge is 0.161 e. The van der Waals surface area contributed by atoms with E-state index in [2.05, 4.69) is 10.5 Å². The minimum atomic E-state index is -0.523. The van der Waals surface area contributed by atoms with Crippen LogP contribution < -0.4 is 11.1 Å². The van der Waals surface area contributed by atoms with E-state index in [0.717, 1.165) is 10.4 Å². The number of oxime groups is 1. The van der Waals surface area contributed by atoms with Crippen LogP contribution in [0.2, 0.25) is 4.34 Å². The number of aliphatic hydroxyl groups excluding tert-OH is 1. The molecule has 2 rings (SSSR count). The van der Waals surface area contributed by atoms with Crippen LogP contribution in [0.15, 0.2) is 47.6 Å². The Morgan fingerprint density at radius 1 is 1.29 bits per heavy atom. The Morgan fingerprint density at radius 3 is 2.52 bits per heavy atom. The molecule has 1 aromatic carbocycles. The molecule has 112 valence electrons. The molecule has 0 unspecified atom stereocenters. The molecule has 2 aromatic rings. The Morgan fingerprint density at radius 2 is 2.00 bits per heavy atom. The Hall–Kier alpha value is -1.60. The first-order valence-corrected chi connectivity index (χ1v) is 7.49. The maximum absolute atomic E-state index is 9.61. The quantitative estimate of drug-likeness (QED) is 0.284. The van der Waals surface area contributed by atoms with Crippen molar-refractivity contribution in [3.8, 4) is 0 Å². The van der Waals surface area contributed by atoms with Gasteiger partial charge in [0, 0.05) is 4.88 Å². The van der Waals surface area contributed by atoms with E-state index in [0.29, 0.717) is 4.34 Å². The summed E-state index contributed by atoms with van der Waals surface area (Å²) in [6, 6.07) is 12.2. The van der Waals surface area contributed by atoms with Crippen molar-refractivity contribution < 1.29 is 10.3 Å². The summed E-state index contributed by atoms with van der Waals surface area (Å²) in [5.41, 5.74) is 6.67. The van der Waals surface area contributed by atoms with Gasteiger partial charge in [-0.25, -0.2) is 0 Å². The van der Waals surface area contributed by atoms with Crippen molar-refractivity contribution in [2.75, 3.05) is 6.61 Å². The minimum Gasteiger partial charge on any atom is -0.409 e. The third-order valence-corrected chi connectivity index (χ3v) is 4.34. The van der Waals surface area contributed by atoms with Gasteiger partial charge in [-0.05, 0) is 17.7 Å². The van der Waals surface area contributed by atoms with E-state index in [1.807, 2.05) is 36.4 Å². The third kappa shape index (κ3) is 3.95. The number of halogens is 1. The molecule has 7 heteroatoms. The van der Waals surface area contributed by atoms with E-state index >= 15 is 0 Å². The number of nitrogens with two attached hydrogens (primary N) is 1. The van der Waals surface area contributed by atoms with Crippen LogP contribution in [0.4, 0.5) is 0 Å². The lowest BCUT2D eigenvalue weighted by atomic mass is 10.1. The van der Waals surface area contributed by atoms with Crippen molar-refractivity contribution in [3.05, 3.63) is 57.2 Å². The maximum Gasteiger partial charge on any atom is 0.161 e. The summed E-state index contributed by atoms with van der Waals surface area (Å²) >= 11 is 7.27. The Labute approximate surface area is 131 Å². The highest BCUT2D eigenvalue weighted by Gasteiger charge is 2.23. The topological polar surface area (TPSA) is 90.9 Å². The number of hydrogen-bond acceptors (Lipinski definition) is 5. The second kappa shape index (κ2) is 7.42. The number of nitrogens with one attached hydrogen (secondary N) is 1. The SMILES string of the molecule is N/C(=N\O)[C@H](N[C@@H](CO)c1ccccc1)c1ccc(Cl)s1. The fraction of sp³-hybridized carbons (Fsp3) is 0.214. The second-order valence-electron chi connectivity index (χ2n) is 4.41. The number of hydrogen-bond donors (Lipinski definition) is 4. The highest BCUT2D eigenvalue weighted by Crippen LogP contribution is 2.29. The molecule has 0 spiro atoms. The Bertz CT molecular complexity index is 603. The fourth-order valence-corrected chi connectivity index (χ4v) is 3.13. The third-order valence-electron chi connectivity index (χ3n) is 3.04. The molecule has 0 aliphatic rings. The predicted molar refractivity (Wildman–Crippen MR) is 84.9 cm³/mol. The number of rotatable bonds is 6.